The van der Waals surface area contributed by atoms with E-state index >= 15 is 0 Å². The highest BCUT2D eigenvalue weighted by molar-refractivity contribution is 5.22. The molecular weight excluding hydrogens is 150 g/mol. The number of imidazole rings is 1. The molecule has 0 aliphatic heterocycles. The first-order valence-corrected chi connectivity index (χ1v) is 4.14. The molecule has 1 aromatic rings. The van der Waals surface area contributed by atoms with Crippen molar-refractivity contribution in [2.45, 2.75) is 33.1 Å². The van der Waals surface area contributed by atoms with E-state index in [2.05, 4.69) is 16.0 Å². The number of H-pyrrole nitrogens is 1. The molecule has 0 aliphatic rings. The van der Waals surface area contributed by atoms with Gasteiger partial charge in [-0.05, 0) is 20.3 Å². The molecule has 3 nitrogen and oxygen atoms in total. The lowest BCUT2D eigenvalue weighted by atomic mass is 10.1. The van der Waals surface area contributed by atoms with Gasteiger partial charge in [-0.3, -0.25) is 0 Å². The van der Waals surface area contributed by atoms with Crippen LogP contribution in [0.25, 0.3) is 0 Å². The Balaban J connectivity index is 3.06. The third-order valence-corrected chi connectivity index (χ3v) is 1.89. The predicted octanol–water partition coefficient (Wildman–Crippen LogP) is 1.91. The number of aromatic nitrogens is 2. The molecule has 0 bridgehead atoms. The van der Waals surface area contributed by atoms with Crippen LogP contribution in [0.4, 0.5) is 0 Å². The second kappa shape index (κ2) is 3.40. The van der Waals surface area contributed by atoms with Gasteiger partial charge in [-0.15, -0.1) is 0 Å². The summed E-state index contributed by atoms with van der Waals surface area (Å²) in [4.78, 5) is 7.40. The minimum atomic E-state index is -0.0823. The van der Waals surface area contributed by atoms with Crippen molar-refractivity contribution in [3.63, 3.8) is 0 Å². The van der Waals surface area contributed by atoms with Gasteiger partial charge in [0, 0.05) is 0 Å². The molecule has 1 heterocycles. The molecule has 12 heavy (non-hydrogen) atoms. The Hall–Kier alpha value is -1.30. The van der Waals surface area contributed by atoms with Crippen molar-refractivity contribution in [1.82, 2.24) is 9.97 Å². The van der Waals surface area contributed by atoms with Crippen LogP contribution < -0.4 is 0 Å². The Morgan fingerprint density at radius 1 is 1.67 bits per heavy atom. The van der Waals surface area contributed by atoms with Crippen LogP contribution in [0.3, 0.4) is 0 Å². The summed E-state index contributed by atoms with van der Waals surface area (Å²) in [6.45, 7) is 5.84. The number of aromatic amines is 1. The lowest BCUT2D eigenvalue weighted by Gasteiger charge is -1.99. The van der Waals surface area contributed by atoms with Gasteiger partial charge in [0.05, 0.1) is 23.4 Å². The van der Waals surface area contributed by atoms with E-state index in [0.717, 1.165) is 23.6 Å². The van der Waals surface area contributed by atoms with Gasteiger partial charge in [0.15, 0.2) is 0 Å². The van der Waals surface area contributed by atoms with E-state index in [1.165, 1.54) is 0 Å². The van der Waals surface area contributed by atoms with Crippen LogP contribution in [-0.4, -0.2) is 9.97 Å². The zero-order valence-corrected chi connectivity index (χ0v) is 7.68. The number of nitrogens with one attached hydrogen (secondary N) is 1. The number of nitrogens with zero attached hydrogens (tertiary/aromatic N) is 2. The fraction of sp³-hybridized carbons (Fsp3) is 0.556. The van der Waals surface area contributed by atoms with Gasteiger partial charge in [0.25, 0.3) is 0 Å². The number of aryl methyl sites for hydroxylation is 2. The minimum Gasteiger partial charge on any atom is -0.345 e. The van der Waals surface area contributed by atoms with E-state index in [4.69, 9.17) is 5.26 Å². The van der Waals surface area contributed by atoms with Gasteiger partial charge >= 0.3 is 0 Å². The molecule has 1 rings (SSSR count). The fourth-order valence-electron chi connectivity index (χ4n) is 1.25. The molecule has 0 amide bonds. The first kappa shape index (κ1) is 8.79. The van der Waals surface area contributed by atoms with Crippen LogP contribution in [-0.2, 0) is 6.42 Å². The van der Waals surface area contributed by atoms with E-state index in [1.807, 2.05) is 20.8 Å². The van der Waals surface area contributed by atoms with E-state index < -0.39 is 0 Å². The van der Waals surface area contributed by atoms with Gasteiger partial charge in [-0.2, -0.15) is 5.26 Å². The molecule has 0 spiro atoms. The molecule has 0 aromatic carbocycles. The van der Waals surface area contributed by atoms with Crippen LogP contribution in [0, 0.1) is 18.3 Å². The zero-order chi connectivity index (χ0) is 9.14. The van der Waals surface area contributed by atoms with Gasteiger partial charge in [-0.25, -0.2) is 4.98 Å². The summed E-state index contributed by atoms with van der Waals surface area (Å²) in [5, 5.41) is 8.72. The lowest BCUT2D eigenvalue weighted by molar-refractivity contribution is 0.894. The molecule has 0 saturated carbocycles. The van der Waals surface area contributed by atoms with E-state index in [-0.39, 0.29) is 5.92 Å². The normalized spacial score (nSPS) is 12.5. The molecule has 1 atom stereocenters. The van der Waals surface area contributed by atoms with Gasteiger partial charge in [0.1, 0.15) is 5.82 Å². The molecule has 1 aromatic heterocycles. The molecule has 3 heteroatoms. The van der Waals surface area contributed by atoms with E-state index in [0.29, 0.717) is 0 Å². The van der Waals surface area contributed by atoms with Crippen molar-refractivity contribution >= 4 is 0 Å². The Labute approximate surface area is 72.4 Å². The van der Waals surface area contributed by atoms with Crippen molar-refractivity contribution in [3.05, 3.63) is 17.2 Å². The fourth-order valence-corrected chi connectivity index (χ4v) is 1.25. The summed E-state index contributed by atoms with van der Waals surface area (Å²) in [5.74, 6) is 0.810. The maximum atomic E-state index is 8.72. The van der Waals surface area contributed by atoms with E-state index in [9.17, 15) is 0 Å². The second-order valence-electron chi connectivity index (χ2n) is 2.89. The first-order chi connectivity index (χ1) is 5.69. The van der Waals surface area contributed by atoms with Gasteiger partial charge in [-0.1, -0.05) is 6.92 Å². The summed E-state index contributed by atoms with van der Waals surface area (Å²) in [7, 11) is 0. The number of nitriles is 1. The lowest BCUT2D eigenvalue weighted by Crippen LogP contribution is -1.95. The Morgan fingerprint density at radius 2 is 2.33 bits per heavy atom. The van der Waals surface area contributed by atoms with Crippen molar-refractivity contribution < 1.29 is 0 Å². The van der Waals surface area contributed by atoms with Crippen molar-refractivity contribution in [2.75, 3.05) is 0 Å². The summed E-state index contributed by atoms with van der Waals surface area (Å²) in [6, 6.07) is 2.20. The van der Waals surface area contributed by atoms with Crippen LogP contribution in [0.1, 0.15) is 37.0 Å². The predicted molar refractivity (Wildman–Crippen MR) is 46.7 cm³/mol. The smallest absolute Gasteiger partial charge is 0.103 e. The molecule has 1 unspecified atom stereocenters. The zero-order valence-electron chi connectivity index (χ0n) is 7.68. The number of rotatable bonds is 2. The summed E-state index contributed by atoms with van der Waals surface area (Å²) in [5.41, 5.74) is 1.99. The highest BCUT2D eigenvalue weighted by Crippen LogP contribution is 2.16. The van der Waals surface area contributed by atoms with Gasteiger partial charge in [0.2, 0.25) is 0 Å². The van der Waals surface area contributed by atoms with Crippen LogP contribution >= 0.6 is 0 Å². The Bertz CT molecular complexity index is 306. The maximum absolute atomic E-state index is 8.72. The third-order valence-electron chi connectivity index (χ3n) is 1.89. The standard InChI is InChI=1S/C9H13N3/c1-4-8-9(6(2)5-10)12-7(3)11-8/h6H,4H2,1-3H3,(H,11,12). The Morgan fingerprint density at radius 3 is 2.83 bits per heavy atom. The SMILES string of the molecule is CCc1nc(C)[nH]c1C(C)C#N. The van der Waals surface area contributed by atoms with E-state index in [1.54, 1.807) is 0 Å². The summed E-state index contributed by atoms with van der Waals surface area (Å²) in [6.07, 6.45) is 0.881. The van der Waals surface area contributed by atoms with Crippen molar-refractivity contribution in [2.24, 2.45) is 0 Å². The Kier molecular flexibility index (Phi) is 2.49. The molecule has 1 N–H and O–H groups in total. The average molecular weight is 163 g/mol. The largest absolute Gasteiger partial charge is 0.345 e. The molecular formula is C9H13N3. The monoisotopic (exact) mass is 163 g/mol. The summed E-state index contributed by atoms with van der Waals surface area (Å²) < 4.78 is 0. The molecule has 0 aliphatic carbocycles. The third kappa shape index (κ3) is 1.48. The highest BCUT2D eigenvalue weighted by atomic mass is 14.9. The number of hydrogen-bond acceptors (Lipinski definition) is 2. The van der Waals surface area contributed by atoms with Crippen LogP contribution in [0.2, 0.25) is 0 Å². The maximum Gasteiger partial charge on any atom is 0.103 e. The van der Waals surface area contributed by atoms with Crippen LogP contribution in [0.5, 0.6) is 0 Å². The van der Waals surface area contributed by atoms with Crippen LogP contribution in [0.15, 0.2) is 0 Å². The molecule has 0 radical (unpaired) electrons. The average Bonchev–Trinajstić information content (AvgIpc) is 2.45. The molecule has 0 fully saturated rings. The van der Waals surface area contributed by atoms with Crippen molar-refractivity contribution in [1.29, 1.82) is 5.26 Å². The molecule has 64 valence electrons. The highest BCUT2D eigenvalue weighted by Gasteiger charge is 2.12. The van der Waals surface area contributed by atoms with Crippen molar-refractivity contribution in [3.8, 4) is 6.07 Å². The molecule has 0 saturated heterocycles. The topological polar surface area (TPSA) is 52.5 Å². The minimum absolute atomic E-state index is 0.0823. The summed E-state index contributed by atoms with van der Waals surface area (Å²) >= 11 is 0. The number of hydrogen-bond donors (Lipinski definition) is 1. The quantitative estimate of drug-likeness (QED) is 0.724. The van der Waals surface area contributed by atoms with Gasteiger partial charge < -0.3 is 4.98 Å². The second-order valence-corrected chi connectivity index (χ2v) is 2.89. The first-order valence-electron chi connectivity index (χ1n) is 4.14.